The third-order valence-electron chi connectivity index (χ3n) is 2.86. The van der Waals surface area contributed by atoms with Crippen LogP contribution >= 0.6 is 0 Å². The number of pyridine rings is 2. The Balaban J connectivity index is 2.01. The van der Waals surface area contributed by atoms with E-state index in [2.05, 4.69) is 14.9 Å². The molecule has 0 saturated carbocycles. The van der Waals surface area contributed by atoms with Crippen LogP contribution in [0.4, 0.5) is 11.5 Å². The molecule has 2 aromatic rings. The summed E-state index contributed by atoms with van der Waals surface area (Å²) in [7, 11) is 2.04. The van der Waals surface area contributed by atoms with Crippen LogP contribution in [0.2, 0.25) is 0 Å². The summed E-state index contributed by atoms with van der Waals surface area (Å²) in [5.74, 6) is 0.972. The fourth-order valence-corrected chi connectivity index (χ4v) is 1.92. The molecule has 0 aromatic carbocycles. The van der Waals surface area contributed by atoms with Crippen molar-refractivity contribution in [2.45, 2.75) is 13.3 Å². The van der Waals surface area contributed by atoms with Crippen LogP contribution in [0.3, 0.4) is 0 Å². The summed E-state index contributed by atoms with van der Waals surface area (Å²) in [6.07, 6.45) is 4.42. The Bertz CT molecular complexity index is 510. The molecule has 0 bridgehead atoms. The Hall–Kier alpha value is -2.10. The van der Waals surface area contributed by atoms with Gasteiger partial charge in [-0.3, -0.25) is 4.98 Å². The summed E-state index contributed by atoms with van der Waals surface area (Å²) in [5, 5.41) is 0. The monoisotopic (exact) mass is 242 g/mol. The van der Waals surface area contributed by atoms with E-state index in [9.17, 15) is 0 Å². The van der Waals surface area contributed by atoms with Gasteiger partial charge in [0.05, 0.1) is 11.9 Å². The average molecular weight is 242 g/mol. The average Bonchev–Trinajstić information content (AvgIpc) is 2.37. The Morgan fingerprint density at radius 2 is 2.11 bits per heavy atom. The highest BCUT2D eigenvalue weighted by atomic mass is 15.2. The number of nitrogen functional groups attached to an aromatic ring is 1. The maximum atomic E-state index is 5.70. The maximum Gasteiger partial charge on any atom is 0.131 e. The molecular formula is C14H18N4. The van der Waals surface area contributed by atoms with E-state index in [0.717, 1.165) is 30.0 Å². The van der Waals surface area contributed by atoms with Gasteiger partial charge in [0.1, 0.15) is 5.82 Å². The Morgan fingerprint density at radius 3 is 2.78 bits per heavy atom. The molecule has 18 heavy (non-hydrogen) atoms. The summed E-state index contributed by atoms with van der Waals surface area (Å²) in [4.78, 5) is 10.8. The third kappa shape index (κ3) is 2.97. The zero-order valence-corrected chi connectivity index (χ0v) is 10.8. The third-order valence-corrected chi connectivity index (χ3v) is 2.86. The highest BCUT2D eigenvalue weighted by Gasteiger charge is 2.06. The number of hydrogen-bond donors (Lipinski definition) is 1. The smallest absolute Gasteiger partial charge is 0.131 e. The van der Waals surface area contributed by atoms with Crippen molar-refractivity contribution in [2.24, 2.45) is 0 Å². The van der Waals surface area contributed by atoms with Gasteiger partial charge in [-0.15, -0.1) is 0 Å². The van der Waals surface area contributed by atoms with Gasteiger partial charge in [-0.25, -0.2) is 4.98 Å². The Kier molecular flexibility index (Phi) is 3.77. The second kappa shape index (κ2) is 5.49. The van der Waals surface area contributed by atoms with E-state index in [1.54, 1.807) is 6.20 Å². The maximum absolute atomic E-state index is 5.70. The molecule has 0 amide bonds. The van der Waals surface area contributed by atoms with Crippen molar-refractivity contribution in [3.8, 4) is 0 Å². The zero-order valence-electron chi connectivity index (χ0n) is 10.8. The minimum absolute atomic E-state index is 0.703. The quantitative estimate of drug-likeness (QED) is 0.891. The van der Waals surface area contributed by atoms with Crippen LogP contribution in [-0.4, -0.2) is 23.6 Å². The van der Waals surface area contributed by atoms with Crippen molar-refractivity contribution in [3.05, 3.63) is 47.9 Å². The zero-order chi connectivity index (χ0) is 13.0. The Labute approximate surface area is 107 Å². The molecule has 0 fully saturated rings. The van der Waals surface area contributed by atoms with Gasteiger partial charge in [-0.2, -0.15) is 0 Å². The lowest BCUT2D eigenvalue weighted by Crippen LogP contribution is -2.22. The molecule has 2 rings (SSSR count). The second-order valence-electron chi connectivity index (χ2n) is 4.40. The molecule has 0 spiro atoms. The first-order valence-corrected chi connectivity index (χ1v) is 6.00. The van der Waals surface area contributed by atoms with Crippen molar-refractivity contribution in [2.75, 3.05) is 24.2 Å². The number of rotatable bonds is 4. The van der Waals surface area contributed by atoms with Crippen molar-refractivity contribution < 1.29 is 0 Å². The van der Waals surface area contributed by atoms with Gasteiger partial charge in [-0.1, -0.05) is 6.07 Å². The predicted octanol–water partition coefficient (Wildman–Crippen LogP) is 2.05. The first-order chi connectivity index (χ1) is 8.66. The molecule has 0 saturated heterocycles. The number of aryl methyl sites for hydroxylation is 1. The van der Waals surface area contributed by atoms with Crippen LogP contribution in [0.25, 0.3) is 0 Å². The van der Waals surface area contributed by atoms with Gasteiger partial charge in [0.2, 0.25) is 0 Å². The molecule has 0 unspecified atom stereocenters. The number of nitrogens with two attached hydrogens (primary N) is 1. The standard InChI is InChI=1S/C14H18N4/c1-11-9-12(15)10-17-14(11)18(2)8-6-13-5-3-4-7-16-13/h3-5,7,9-10H,6,8,15H2,1-2H3. The minimum atomic E-state index is 0.703. The van der Waals surface area contributed by atoms with Gasteiger partial charge < -0.3 is 10.6 Å². The molecule has 0 atom stereocenters. The van der Waals surface area contributed by atoms with Gasteiger partial charge in [0.25, 0.3) is 0 Å². The van der Waals surface area contributed by atoms with Crippen LogP contribution in [0.1, 0.15) is 11.3 Å². The molecule has 4 nitrogen and oxygen atoms in total. The SMILES string of the molecule is Cc1cc(N)cnc1N(C)CCc1ccccn1. The van der Waals surface area contributed by atoms with Crippen molar-refractivity contribution in [1.29, 1.82) is 0 Å². The molecule has 2 heterocycles. The first kappa shape index (κ1) is 12.4. The van der Waals surface area contributed by atoms with Gasteiger partial charge in [-0.05, 0) is 30.7 Å². The summed E-state index contributed by atoms with van der Waals surface area (Å²) in [6.45, 7) is 2.91. The molecule has 0 radical (unpaired) electrons. The van der Waals surface area contributed by atoms with Crippen molar-refractivity contribution in [3.63, 3.8) is 0 Å². The molecule has 2 N–H and O–H groups in total. The van der Waals surface area contributed by atoms with E-state index < -0.39 is 0 Å². The second-order valence-corrected chi connectivity index (χ2v) is 4.40. The van der Waals surface area contributed by atoms with Gasteiger partial charge in [0, 0.05) is 31.9 Å². The lowest BCUT2D eigenvalue weighted by molar-refractivity contribution is 0.835. The van der Waals surface area contributed by atoms with Gasteiger partial charge in [0.15, 0.2) is 0 Å². The van der Waals surface area contributed by atoms with Gasteiger partial charge >= 0.3 is 0 Å². The van der Waals surface area contributed by atoms with E-state index in [1.807, 2.05) is 44.4 Å². The largest absolute Gasteiger partial charge is 0.397 e. The highest BCUT2D eigenvalue weighted by molar-refractivity contribution is 5.52. The van der Waals surface area contributed by atoms with Crippen LogP contribution in [0, 0.1) is 6.92 Å². The van der Waals surface area contributed by atoms with E-state index in [1.165, 1.54) is 0 Å². The van der Waals surface area contributed by atoms with Crippen molar-refractivity contribution >= 4 is 11.5 Å². The fraction of sp³-hybridized carbons (Fsp3) is 0.286. The summed E-state index contributed by atoms with van der Waals surface area (Å²) in [5.41, 5.74) is 8.60. The molecule has 0 aliphatic rings. The summed E-state index contributed by atoms with van der Waals surface area (Å²) in [6, 6.07) is 7.92. The number of nitrogens with zero attached hydrogens (tertiary/aromatic N) is 3. The molecular weight excluding hydrogens is 224 g/mol. The van der Waals surface area contributed by atoms with Crippen molar-refractivity contribution in [1.82, 2.24) is 9.97 Å². The molecule has 2 aromatic heterocycles. The highest BCUT2D eigenvalue weighted by Crippen LogP contribution is 2.17. The Morgan fingerprint density at radius 1 is 1.28 bits per heavy atom. The lowest BCUT2D eigenvalue weighted by atomic mass is 10.2. The van der Waals surface area contributed by atoms with Crippen LogP contribution in [0.15, 0.2) is 36.7 Å². The lowest BCUT2D eigenvalue weighted by Gasteiger charge is -2.20. The van der Waals surface area contributed by atoms with E-state index >= 15 is 0 Å². The van der Waals surface area contributed by atoms with E-state index in [-0.39, 0.29) is 0 Å². The van der Waals surface area contributed by atoms with E-state index in [0.29, 0.717) is 5.69 Å². The van der Waals surface area contributed by atoms with Crippen LogP contribution < -0.4 is 10.6 Å². The molecule has 0 aliphatic carbocycles. The molecule has 94 valence electrons. The number of anilines is 2. The molecule has 4 heteroatoms. The van der Waals surface area contributed by atoms with E-state index in [4.69, 9.17) is 5.73 Å². The number of aromatic nitrogens is 2. The van der Waals surface area contributed by atoms with Crippen LogP contribution in [-0.2, 0) is 6.42 Å². The number of hydrogen-bond acceptors (Lipinski definition) is 4. The summed E-state index contributed by atoms with van der Waals surface area (Å²) >= 11 is 0. The predicted molar refractivity (Wildman–Crippen MR) is 74.6 cm³/mol. The fourth-order valence-electron chi connectivity index (χ4n) is 1.92. The first-order valence-electron chi connectivity index (χ1n) is 6.00. The summed E-state index contributed by atoms with van der Waals surface area (Å²) < 4.78 is 0. The number of likely N-dealkylation sites (N-methyl/N-ethyl adjacent to an activating group) is 1. The normalized spacial score (nSPS) is 10.3. The minimum Gasteiger partial charge on any atom is -0.397 e. The van der Waals surface area contributed by atoms with Crippen LogP contribution in [0.5, 0.6) is 0 Å². The topological polar surface area (TPSA) is 55.0 Å². The molecule has 0 aliphatic heterocycles.